The number of rotatable bonds is 7. The molecule has 3 heterocycles. The first-order valence-electron chi connectivity index (χ1n) is 10.7. The standard InChI is InChI=1S/C22H27N5O4S/c1-3-16(18-10-9-13(2)31-18)23-20-21(26-32-25-20)24-17-8-4-7-15(19(17)29)22(30)27-11-5-6-14(28)12-27/h4,7-10,14,16,28-29H,3,5-6,11-12H2,1-2H3,(H,23,25)(H,24,26). The lowest BCUT2D eigenvalue weighted by Gasteiger charge is -2.30. The highest BCUT2D eigenvalue weighted by Crippen LogP contribution is 2.34. The normalized spacial score (nSPS) is 17.2. The van der Waals surface area contributed by atoms with Crippen molar-refractivity contribution in [2.24, 2.45) is 0 Å². The van der Waals surface area contributed by atoms with Gasteiger partial charge in [0.05, 0.1) is 35.1 Å². The van der Waals surface area contributed by atoms with Crippen molar-refractivity contribution in [3.63, 3.8) is 0 Å². The lowest BCUT2D eigenvalue weighted by atomic mass is 10.1. The van der Waals surface area contributed by atoms with E-state index in [9.17, 15) is 15.0 Å². The first-order chi connectivity index (χ1) is 15.5. The fraction of sp³-hybridized carbons (Fsp3) is 0.409. The van der Waals surface area contributed by atoms with Crippen LogP contribution < -0.4 is 10.6 Å². The van der Waals surface area contributed by atoms with Gasteiger partial charge in [-0.25, -0.2) is 0 Å². The van der Waals surface area contributed by atoms with Crippen LogP contribution in [0.3, 0.4) is 0 Å². The Morgan fingerprint density at radius 1 is 1.31 bits per heavy atom. The van der Waals surface area contributed by atoms with Crippen molar-refractivity contribution in [3.05, 3.63) is 47.4 Å². The number of nitrogens with one attached hydrogen (secondary N) is 2. The summed E-state index contributed by atoms with van der Waals surface area (Å²) in [6.45, 7) is 4.77. The van der Waals surface area contributed by atoms with Crippen molar-refractivity contribution in [1.82, 2.24) is 13.6 Å². The van der Waals surface area contributed by atoms with Crippen molar-refractivity contribution >= 4 is 35.0 Å². The molecule has 1 amide bonds. The molecule has 9 nitrogen and oxygen atoms in total. The molecular formula is C22H27N5O4S. The van der Waals surface area contributed by atoms with Gasteiger partial charge >= 0.3 is 0 Å². The van der Waals surface area contributed by atoms with E-state index in [1.807, 2.05) is 26.0 Å². The number of aryl methyl sites for hydroxylation is 1. The maximum absolute atomic E-state index is 12.9. The molecule has 4 rings (SSSR count). The predicted molar refractivity (Wildman–Crippen MR) is 123 cm³/mol. The predicted octanol–water partition coefficient (Wildman–Crippen LogP) is 4.05. The Hall–Kier alpha value is -3.11. The number of carbonyl (C=O) groups excluding carboxylic acids is 1. The first kappa shape index (κ1) is 22.1. The number of nitrogens with zero attached hydrogens (tertiary/aromatic N) is 3. The molecule has 2 unspecified atom stereocenters. The van der Waals surface area contributed by atoms with Gasteiger partial charge in [0.1, 0.15) is 11.5 Å². The van der Waals surface area contributed by atoms with Crippen molar-refractivity contribution in [1.29, 1.82) is 0 Å². The number of phenolic OH excluding ortho intramolecular Hbond substituents is 1. The van der Waals surface area contributed by atoms with Gasteiger partial charge < -0.3 is 30.2 Å². The van der Waals surface area contributed by atoms with E-state index >= 15 is 0 Å². The average molecular weight is 458 g/mol. The topological polar surface area (TPSA) is 124 Å². The fourth-order valence-electron chi connectivity index (χ4n) is 3.80. The molecule has 1 aliphatic heterocycles. The monoisotopic (exact) mass is 457 g/mol. The lowest BCUT2D eigenvalue weighted by molar-refractivity contribution is 0.0471. The summed E-state index contributed by atoms with van der Waals surface area (Å²) >= 11 is 1.04. The molecule has 32 heavy (non-hydrogen) atoms. The SMILES string of the molecule is CCC(Nc1nsnc1Nc1cccc(C(=O)N2CCCC(O)C2)c1O)c1ccc(C)o1. The van der Waals surface area contributed by atoms with Gasteiger partial charge in [0.25, 0.3) is 5.91 Å². The number of aliphatic hydroxyl groups excluding tert-OH is 1. The smallest absolute Gasteiger partial charge is 0.257 e. The van der Waals surface area contributed by atoms with E-state index in [4.69, 9.17) is 4.42 Å². The Balaban J connectivity index is 1.52. The number of para-hydroxylation sites is 1. The van der Waals surface area contributed by atoms with Gasteiger partial charge in [-0.3, -0.25) is 4.79 Å². The minimum atomic E-state index is -0.532. The van der Waals surface area contributed by atoms with Crippen LogP contribution in [0.15, 0.2) is 34.7 Å². The molecule has 1 saturated heterocycles. The zero-order chi connectivity index (χ0) is 22.7. The van der Waals surface area contributed by atoms with Gasteiger partial charge in [-0.1, -0.05) is 13.0 Å². The van der Waals surface area contributed by atoms with Crippen molar-refractivity contribution < 1.29 is 19.4 Å². The maximum atomic E-state index is 12.9. The number of anilines is 3. The largest absolute Gasteiger partial charge is 0.505 e. The van der Waals surface area contributed by atoms with Crippen LogP contribution in [-0.4, -0.2) is 49.0 Å². The summed E-state index contributed by atoms with van der Waals surface area (Å²) < 4.78 is 14.4. The first-order valence-corrected chi connectivity index (χ1v) is 11.4. The number of phenols is 1. The molecule has 10 heteroatoms. The number of aromatic nitrogens is 2. The van der Waals surface area contributed by atoms with E-state index in [0.717, 1.165) is 36.1 Å². The molecule has 4 N–H and O–H groups in total. The number of aromatic hydroxyl groups is 1. The molecule has 2 atom stereocenters. The van der Waals surface area contributed by atoms with Crippen LogP contribution in [0.4, 0.5) is 17.3 Å². The van der Waals surface area contributed by atoms with Gasteiger partial charge in [0, 0.05) is 13.1 Å². The van der Waals surface area contributed by atoms with E-state index in [1.165, 1.54) is 0 Å². The van der Waals surface area contributed by atoms with Crippen molar-refractivity contribution in [2.75, 3.05) is 23.7 Å². The number of benzene rings is 1. The summed E-state index contributed by atoms with van der Waals surface area (Å²) in [6, 6.07) is 8.72. The summed E-state index contributed by atoms with van der Waals surface area (Å²) in [6.07, 6.45) is 1.66. The second-order valence-electron chi connectivity index (χ2n) is 7.89. The van der Waals surface area contributed by atoms with Crippen molar-refractivity contribution in [3.8, 4) is 5.75 Å². The van der Waals surface area contributed by atoms with E-state index in [-0.39, 0.29) is 29.8 Å². The van der Waals surface area contributed by atoms with Crippen LogP contribution >= 0.6 is 11.7 Å². The zero-order valence-electron chi connectivity index (χ0n) is 18.0. The number of β-amino-alcohol motifs (C(OH)–C–C–N with tert-alkyl or cyclic N) is 1. The second-order valence-corrected chi connectivity index (χ2v) is 8.42. The lowest BCUT2D eigenvalue weighted by Crippen LogP contribution is -2.42. The number of likely N-dealkylation sites (tertiary alicyclic amines) is 1. The van der Waals surface area contributed by atoms with Gasteiger partial charge in [-0.2, -0.15) is 8.75 Å². The molecule has 0 radical (unpaired) electrons. The molecule has 1 aromatic carbocycles. The number of aliphatic hydroxyl groups is 1. The summed E-state index contributed by atoms with van der Waals surface area (Å²) in [5.41, 5.74) is 0.533. The van der Waals surface area contributed by atoms with Crippen LogP contribution in [0.25, 0.3) is 0 Å². The quantitative estimate of drug-likeness (QED) is 0.392. The Labute approximate surface area is 190 Å². The van der Waals surface area contributed by atoms with E-state index in [2.05, 4.69) is 19.4 Å². The molecule has 1 aliphatic rings. The van der Waals surface area contributed by atoms with Gasteiger partial charge in [0.15, 0.2) is 17.4 Å². The number of amides is 1. The summed E-state index contributed by atoms with van der Waals surface area (Å²) in [5, 5.41) is 27.1. The molecule has 0 aliphatic carbocycles. The highest BCUT2D eigenvalue weighted by atomic mass is 32.1. The second kappa shape index (κ2) is 9.58. The molecule has 0 bridgehead atoms. The minimum Gasteiger partial charge on any atom is -0.505 e. The summed E-state index contributed by atoms with van der Waals surface area (Å²) in [7, 11) is 0. The van der Waals surface area contributed by atoms with Crippen LogP contribution in [-0.2, 0) is 0 Å². The van der Waals surface area contributed by atoms with Crippen LogP contribution in [0.5, 0.6) is 5.75 Å². The Bertz CT molecular complexity index is 1080. The number of hydrogen-bond donors (Lipinski definition) is 4. The molecule has 2 aromatic heterocycles. The molecule has 170 valence electrons. The molecule has 1 fully saturated rings. The maximum Gasteiger partial charge on any atom is 0.257 e. The Morgan fingerprint density at radius 3 is 2.84 bits per heavy atom. The van der Waals surface area contributed by atoms with Crippen molar-refractivity contribution in [2.45, 2.75) is 45.3 Å². The number of hydrogen-bond acceptors (Lipinski definition) is 9. The number of piperidine rings is 1. The third-order valence-electron chi connectivity index (χ3n) is 5.52. The average Bonchev–Trinajstić information content (AvgIpc) is 3.41. The number of carbonyl (C=O) groups is 1. The van der Waals surface area contributed by atoms with Crippen LogP contribution in [0, 0.1) is 6.92 Å². The van der Waals surface area contributed by atoms with Crippen LogP contribution in [0.1, 0.15) is 54.1 Å². The van der Waals surface area contributed by atoms with Gasteiger partial charge in [0.2, 0.25) is 0 Å². The third kappa shape index (κ3) is 4.71. The Kier molecular flexibility index (Phi) is 6.61. The summed E-state index contributed by atoms with van der Waals surface area (Å²) in [5.74, 6) is 2.16. The van der Waals surface area contributed by atoms with Gasteiger partial charge in [-0.05, 0) is 50.5 Å². The third-order valence-corrected chi connectivity index (χ3v) is 6.04. The molecule has 3 aromatic rings. The molecular weight excluding hydrogens is 430 g/mol. The minimum absolute atomic E-state index is 0.0832. The fourth-order valence-corrected chi connectivity index (χ4v) is 4.27. The molecule has 0 spiro atoms. The highest BCUT2D eigenvalue weighted by molar-refractivity contribution is 6.99. The number of furan rings is 1. The van der Waals surface area contributed by atoms with E-state index in [0.29, 0.717) is 30.3 Å². The van der Waals surface area contributed by atoms with E-state index in [1.54, 1.807) is 23.1 Å². The zero-order valence-corrected chi connectivity index (χ0v) is 18.9. The summed E-state index contributed by atoms with van der Waals surface area (Å²) in [4.78, 5) is 14.5. The Morgan fingerprint density at radius 2 is 2.12 bits per heavy atom. The molecule has 0 saturated carbocycles. The van der Waals surface area contributed by atoms with Crippen LogP contribution in [0.2, 0.25) is 0 Å². The highest BCUT2D eigenvalue weighted by Gasteiger charge is 2.26. The van der Waals surface area contributed by atoms with E-state index < -0.39 is 6.10 Å². The van der Waals surface area contributed by atoms with Gasteiger partial charge in [-0.15, -0.1) is 0 Å².